The van der Waals surface area contributed by atoms with Crippen LogP contribution in [0.15, 0.2) is 10.6 Å². The van der Waals surface area contributed by atoms with Gasteiger partial charge in [-0.2, -0.15) is 0 Å². The molecule has 0 bridgehead atoms. The van der Waals surface area contributed by atoms with Crippen LogP contribution in [0.25, 0.3) is 0 Å². The van der Waals surface area contributed by atoms with Gasteiger partial charge in [-0.1, -0.05) is 24.4 Å². The maximum atomic E-state index is 11.9. The van der Waals surface area contributed by atoms with E-state index >= 15 is 0 Å². The molecule has 8 nitrogen and oxygen atoms in total. The number of primary amides is 1. The third kappa shape index (κ3) is 6.95. The Bertz CT molecular complexity index is 594. The predicted molar refractivity (Wildman–Crippen MR) is 101 cm³/mol. The minimum Gasteiger partial charge on any atom is -0.396 e. The summed E-state index contributed by atoms with van der Waals surface area (Å²) >= 11 is 0. The minimum atomic E-state index is -0.527. The molecule has 27 heavy (non-hydrogen) atoms. The molecule has 2 fully saturated rings. The average molecular weight is 380 g/mol. The lowest BCUT2D eigenvalue weighted by Gasteiger charge is -2.34. The van der Waals surface area contributed by atoms with Crippen molar-refractivity contribution in [3.63, 3.8) is 0 Å². The number of amides is 2. The SMILES string of the molecule is NC(=O)c1cc(C2CC2)on1.NCCC(=O)N(CCCO)C1CCCCC1. The second-order valence-corrected chi connectivity index (χ2v) is 7.25. The number of nitrogens with zero attached hydrogens (tertiary/aromatic N) is 2. The zero-order chi connectivity index (χ0) is 19.6. The van der Waals surface area contributed by atoms with E-state index in [4.69, 9.17) is 21.1 Å². The van der Waals surface area contributed by atoms with Crippen molar-refractivity contribution in [2.75, 3.05) is 19.7 Å². The standard InChI is InChI=1S/C12H24N2O2.C7H8N2O2/c13-8-7-12(16)14(9-4-10-15)11-5-2-1-3-6-11;8-7(10)5-3-6(11-9-5)4-1-2-4/h11,15H,1-10,13H2;3-4H,1-2H2,(H2,8,10). The first kappa shape index (κ1) is 21.4. The molecule has 0 aromatic carbocycles. The van der Waals surface area contributed by atoms with Crippen molar-refractivity contribution in [1.82, 2.24) is 10.1 Å². The molecule has 152 valence electrons. The van der Waals surface area contributed by atoms with Gasteiger partial charge in [-0.3, -0.25) is 9.59 Å². The second-order valence-electron chi connectivity index (χ2n) is 7.25. The van der Waals surface area contributed by atoms with Crippen LogP contribution in [0.3, 0.4) is 0 Å². The van der Waals surface area contributed by atoms with Crippen molar-refractivity contribution in [3.8, 4) is 0 Å². The number of nitrogens with two attached hydrogens (primary N) is 2. The van der Waals surface area contributed by atoms with Crippen LogP contribution in [0.1, 0.15) is 80.0 Å². The number of hydrogen-bond donors (Lipinski definition) is 3. The molecule has 2 aliphatic rings. The van der Waals surface area contributed by atoms with Gasteiger partial charge in [0.1, 0.15) is 5.76 Å². The van der Waals surface area contributed by atoms with Crippen LogP contribution in [0.2, 0.25) is 0 Å². The Morgan fingerprint density at radius 3 is 2.44 bits per heavy atom. The Labute approximate surface area is 160 Å². The number of carbonyl (C=O) groups excluding carboxylic acids is 2. The topological polar surface area (TPSA) is 136 Å². The minimum absolute atomic E-state index is 0.152. The molecule has 2 saturated carbocycles. The van der Waals surface area contributed by atoms with Gasteiger partial charge in [0.05, 0.1) is 0 Å². The van der Waals surface area contributed by atoms with Crippen LogP contribution in [-0.2, 0) is 4.79 Å². The van der Waals surface area contributed by atoms with E-state index in [1.54, 1.807) is 6.07 Å². The van der Waals surface area contributed by atoms with E-state index < -0.39 is 5.91 Å². The van der Waals surface area contributed by atoms with Crippen LogP contribution in [0, 0.1) is 0 Å². The molecule has 5 N–H and O–H groups in total. The summed E-state index contributed by atoms with van der Waals surface area (Å²) in [5.74, 6) is 0.901. The quantitative estimate of drug-likeness (QED) is 0.626. The van der Waals surface area contributed by atoms with Gasteiger partial charge in [-0.05, 0) is 32.1 Å². The van der Waals surface area contributed by atoms with Gasteiger partial charge < -0.3 is 26.0 Å². The molecular weight excluding hydrogens is 348 g/mol. The highest BCUT2D eigenvalue weighted by molar-refractivity contribution is 5.90. The second kappa shape index (κ2) is 11.0. The molecule has 8 heteroatoms. The summed E-state index contributed by atoms with van der Waals surface area (Å²) in [5.41, 5.74) is 10.6. The highest BCUT2D eigenvalue weighted by Gasteiger charge is 2.28. The summed E-state index contributed by atoms with van der Waals surface area (Å²) < 4.78 is 4.90. The Hall–Kier alpha value is -1.93. The summed E-state index contributed by atoms with van der Waals surface area (Å²) in [5, 5.41) is 12.4. The van der Waals surface area contributed by atoms with Gasteiger partial charge in [-0.15, -0.1) is 0 Å². The first-order chi connectivity index (χ1) is 13.1. The number of carbonyl (C=O) groups is 2. The largest absolute Gasteiger partial charge is 0.396 e. The Balaban J connectivity index is 0.000000206. The normalized spacial score (nSPS) is 17.1. The molecule has 0 spiro atoms. The number of rotatable bonds is 8. The third-order valence-electron chi connectivity index (χ3n) is 5.01. The number of aromatic nitrogens is 1. The number of aliphatic hydroxyl groups excluding tert-OH is 1. The van der Waals surface area contributed by atoms with E-state index in [1.165, 1.54) is 19.3 Å². The van der Waals surface area contributed by atoms with Crippen LogP contribution in [0.4, 0.5) is 0 Å². The van der Waals surface area contributed by atoms with E-state index in [2.05, 4.69) is 5.16 Å². The number of aliphatic hydroxyl groups is 1. The summed E-state index contributed by atoms with van der Waals surface area (Å²) in [6.45, 7) is 1.25. The van der Waals surface area contributed by atoms with Gasteiger partial charge in [0.2, 0.25) is 5.91 Å². The van der Waals surface area contributed by atoms with Gasteiger partial charge >= 0.3 is 0 Å². The highest BCUT2D eigenvalue weighted by Crippen LogP contribution is 2.40. The lowest BCUT2D eigenvalue weighted by Crippen LogP contribution is -2.42. The van der Waals surface area contributed by atoms with Crippen molar-refractivity contribution in [2.45, 2.75) is 69.7 Å². The molecule has 1 aromatic heterocycles. The summed E-state index contributed by atoms with van der Waals surface area (Å²) in [7, 11) is 0. The molecule has 0 unspecified atom stereocenters. The Morgan fingerprint density at radius 2 is 1.93 bits per heavy atom. The van der Waals surface area contributed by atoms with E-state index in [9.17, 15) is 9.59 Å². The lowest BCUT2D eigenvalue weighted by molar-refractivity contribution is -0.134. The van der Waals surface area contributed by atoms with Gasteiger partial charge in [-0.25, -0.2) is 0 Å². The maximum Gasteiger partial charge on any atom is 0.270 e. The zero-order valence-corrected chi connectivity index (χ0v) is 15.9. The molecule has 3 rings (SSSR count). The smallest absolute Gasteiger partial charge is 0.270 e. The van der Waals surface area contributed by atoms with Crippen LogP contribution in [-0.4, -0.2) is 52.7 Å². The van der Waals surface area contributed by atoms with Crippen molar-refractivity contribution in [1.29, 1.82) is 0 Å². The van der Waals surface area contributed by atoms with Crippen molar-refractivity contribution in [2.24, 2.45) is 11.5 Å². The van der Waals surface area contributed by atoms with Gasteiger partial charge in [0.25, 0.3) is 5.91 Å². The fourth-order valence-corrected chi connectivity index (χ4v) is 3.38. The Kier molecular flexibility index (Phi) is 8.74. The van der Waals surface area contributed by atoms with Crippen LogP contribution >= 0.6 is 0 Å². The lowest BCUT2D eigenvalue weighted by atomic mass is 9.94. The average Bonchev–Trinajstić information content (AvgIpc) is 3.40. The maximum absolute atomic E-state index is 11.9. The Morgan fingerprint density at radius 1 is 1.22 bits per heavy atom. The summed E-state index contributed by atoms with van der Waals surface area (Å²) in [4.78, 5) is 24.4. The first-order valence-corrected chi connectivity index (χ1v) is 9.93. The monoisotopic (exact) mass is 380 g/mol. The molecule has 1 heterocycles. The van der Waals surface area contributed by atoms with Crippen molar-refractivity contribution < 1.29 is 19.2 Å². The zero-order valence-electron chi connectivity index (χ0n) is 15.9. The predicted octanol–water partition coefficient (Wildman–Crippen LogP) is 1.53. The van der Waals surface area contributed by atoms with Gasteiger partial charge in [0, 0.05) is 44.1 Å². The first-order valence-electron chi connectivity index (χ1n) is 9.93. The molecule has 1 aromatic rings. The molecule has 0 atom stereocenters. The van der Waals surface area contributed by atoms with Crippen molar-refractivity contribution in [3.05, 3.63) is 17.5 Å². The molecule has 2 amide bonds. The third-order valence-corrected chi connectivity index (χ3v) is 5.01. The number of hydrogen-bond acceptors (Lipinski definition) is 6. The van der Waals surface area contributed by atoms with Crippen LogP contribution in [0.5, 0.6) is 0 Å². The van der Waals surface area contributed by atoms with E-state index in [0.29, 0.717) is 37.9 Å². The molecule has 2 aliphatic carbocycles. The summed E-state index contributed by atoms with van der Waals surface area (Å²) in [6.07, 6.45) is 9.32. The molecule has 0 aliphatic heterocycles. The fourth-order valence-electron chi connectivity index (χ4n) is 3.38. The van der Waals surface area contributed by atoms with E-state index in [1.807, 2.05) is 4.90 Å². The summed E-state index contributed by atoms with van der Waals surface area (Å²) in [6, 6.07) is 2.01. The highest BCUT2D eigenvalue weighted by atomic mass is 16.5. The van der Waals surface area contributed by atoms with Gasteiger partial charge in [0.15, 0.2) is 5.69 Å². The van der Waals surface area contributed by atoms with Crippen molar-refractivity contribution >= 4 is 11.8 Å². The fraction of sp³-hybridized carbons (Fsp3) is 0.737. The van der Waals surface area contributed by atoms with Crippen LogP contribution < -0.4 is 11.5 Å². The van der Waals surface area contributed by atoms with E-state index in [0.717, 1.165) is 31.4 Å². The van der Waals surface area contributed by atoms with E-state index in [-0.39, 0.29) is 18.2 Å². The molecule has 0 saturated heterocycles. The molecule has 0 radical (unpaired) electrons. The molecular formula is C19H32N4O4.